The van der Waals surface area contributed by atoms with Gasteiger partial charge in [0.2, 0.25) is 11.8 Å². The number of piperidine rings is 1. The molecule has 1 aliphatic heterocycles. The van der Waals surface area contributed by atoms with Gasteiger partial charge < -0.3 is 20.3 Å². The molecule has 1 aromatic heterocycles. The van der Waals surface area contributed by atoms with Crippen molar-refractivity contribution in [3.63, 3.8) is 0 Å². The molecule has 0 saturated carbocycles. The van der Waals surface area contributed by atoms with Crippen LogP contribution < -0.4 is 20.3 Å². The van der Waals surface area contributed by atoms with E-state index in [2.05, 4.69) is 39.6 Å². The van der Waals surface area contributed by atoms with Crippen LogP contribution in [0.3, 0.4) is 0 Å². The molecule has 2 heterocycles. The summed E-state index contributed by atoms with van der Waals surface area (Å²) in [5, 5.41) is 6.91. The number of nitrogens with one attached hydrogen (secondary N) is 2. The van der Waals surface area contributed by atoms with Crippen LogP contribution in [0.15, 0.2) is 66.7 Å². The highest BCUT2D eigenvalue weighted by molar-refractivity contribution is 7.80. The van der Waals surface area contributed by atoms with E-state index in [1.54, 1.807) is 0 Å². The fourth-order valence-corrected chi connectivity index (χ4v) is 3.84. The molecule has 2 aromatic carbocycles. The van der Waals surface area contributed by atoms with Crippen LogP contribution in [0.25, 0.3) is 0 Å². The summed E-state index contributed by atoms with van der Waals surface area (Å²) in [4.78, 5) is 11.5. The molecule has 1 aliphatic rings. The fourth-order valence-electron chi connectivity index (χ4n) is 3.57. The van der Waals surface area contributed by atoms with Gasteiger partial charge in [0.1, 0.15) is 11.6 Å². The summed E-state index contributed by atoms with van der Waals surface area (Å²) in [6, 6.07) is 21.8. The predicted octanol–water partition coefficient (Wildman–Crippen LogP) is 5.31. The molecule has 0 radical (unpaired) electrons. The number of ether oxygens (including phenoxy) is 1. The maximum Gasteiger partial charge on any atom is 0.234 e. The maximum atomic E-state index is 6.00. The molecule has 0 aliphatic carbocycles. The molecule has 160 valence electrons. The van der Waals surface area contributed by atoms with Crippen LogP contribution in [0.5, 0.6) is 11.6 Å². The lowest BCUT2D eigenvalue weighted by molar-refractivity contribution is 0.461. The summed E-state index contributed by atoms with van der Waals surface area (Å²) in [6.07, 6.45) is 3.58. The first-order chi connectivity index (χ1) is 15.2. The molecule has 0 unspecified atom stereocenters. The number of hydrogen-bond donors (Lipinski definition) is 2. The zero-order valence-electron chi connectivity index (χ0n) is 17.6. The minimum Gasteiger partial charge on any atom is -0.439 e. The number of para-hydroxylation sites is 1. The monoisotopic (exact) mass is 433 g/mol. The molecule has 0 spiro atoms. The number of rotatable bonds is 6. The van der Waals surface area contributed by atoms with Crippen molar-refractivity contribution in [1.29, 1.82) is 0 Å². The molecular weight excluding hydrogens is 406 g/mol. The fraction of sp³-hybridized carbons (Fsp3) is 0.292. The second kappa shape index (κ2) is 10.2. The molecule has 4 rings (SSSR count). The Balaban J connectivity index is 1.52. The first-order valence-electron chi connectivity index (χ1n) is 10.7. The van der Waals surface area contributed by atoms with E-state index < -0.39 is 0 Å². The summed E-state index contributed by atoms with van der Waals surface area (Å²) in [5.74, 6) is 2.49. The lowest BCUT2D eigenvalue weighted by Gasteiger charge is -2.28. The Labute approximate surface area is 188 Å². The van der Waals surface area contributed by atoms with Crippen LogP contribution in [0.2, 0.25) is 0 Å². The predicted molar refractivity (Wildman–Crippen MR) is 129 cm³/mol. The number of aromatic nitrogens is 2. The SMILES string of the molecule is C[C@H](NC(=S)Nc1nc(Oc2ccccc2)cc(N2CCCCC2)n1)c1ccccc1. The largest absolute Gasteiger partial charge is 0.439 e. The molecule has 31 heavy (non-hydrogen) atoms. The molecule has 1 atom stereocenters. The van der Waals surface area contributed by atoms with E-state index >= 15 is 0 Å². The molecule has 6 nitrogen and oxygen atoms in total. The average Bonchev–Trinajstić information content (AvgIpc) is 2.80. The Bertz CT molecular complexity index is 993. The van der Waals surface area contributed by atoms with E-state index in [0.29, 0.717) is 16.9 Å². The minimum absolute atomic E-state index is 0.0616. The molecule has 0 amide bonds. The van der Waals surface area contributed by atoms with Gasteiger partial charge in [-0.2, -0.15) is 9.97 Å². The van der Waals surface area contributed by atoms with Crippen molar-refractivity contribution in [3.05, 3.63) is 72.3 Å². The van der Waals surface area contributed by atoms with E-state index in [-0.39, 0.29) is 6.04 Å². The van der Waals surface area contributed by atoms with E-state index in [0.717, 1.165) is 43.1 Å². The first kappa shape index (κ1) is 21.1. The van der Waals surface area contributed by atoms with Crippen LogP contribution in [0.4, 0.5) is 11.8 Å². The zero-order valence-corrected chi connectivity index (χ0v) is 18.4. The van der Waals surface area contributed by atoms with Gasteiger partial charge in [0.25, 0.3) is 0 Å². The maximum absolute atomic E-state index is 6.00. The van der Waals surface area contributed by atoms with E-state index in [1.807, 2.05) is 54.6 Å². The van der Waals surface area contributed by atoms with Crippen LogP contribution >= 0.6 is 12.2 Å². The van der Waals surface area contributed by atoms with Gasteiger partial charge in [-0.3, -0.25) is 0 Å². The highest BCUT2D eigenvalue weighted by Gasteiger charge is 2.16. The van der Waals surface area contributed by atoms with Crippen molar-refractivity contribution in [2.24, 2.45) is 0 Å². The number of nitrogens with zero attached hydrogens (tertiary/aromatic N) is 3. The van der Waals surface area contributed by atoms with Gasteiger partial charge in [-0.05, 0) is 56.1 Å². The van der Waals surface area contributed by atoms with Gasteiger partial charge in [-0.1, -0.05) is 48.5 Å². The van der Waals surface area contributed by atoms with Crippen molar-refractivity contribution in [2.75, 3.05) is 23.3 Å². The highest BCUT2D eigenvalue weighted by atomic mass is 32.1. The summed E-state index contributed by atoms with van der Waals surface area (Å²) < 4.78 is 6.00. The standard InChI is InChI=1S/C24H27N5OS/c1-18(19-11-5-2-6-12-19)25-24(31)28-23-26-21(29-15-9-4-10-16-29)17-22(27-23)30-20-13-7-3-8-14-20/h2-3,5-8,11-14,17-18H,4,9-10,15-16H2,1H3,(H2,25,26,27,28,31)/t18-/m0/s1. The Morgan fingerprint density at radius 1 is 0.968 bits per heavy atom. The molecule has 7 heteroatoms. The Morgan fingerprint density at radius 3 is 2.35 bits per heavy atom. The van der Waals surface area contributed by atoms with E-state index in [1.165, 1.54) is 6.42 Å². The van der Waals surface area contributed by atoms with Crippen molar-refractivity contribution in [3.8, 4) is 11.6 Å². The van der Waals surface area contributed by atoms with Crippen LogP contribution in [0.1, 0.15) is 37.8 Å². The van der Waals surface area contributed by atoms with Crippen LogP contribution in [-0.2, 0) is 0 Å². The molecule has 2 N–H and O–H groups in total. The van der Waals surface area contributed by atoms with Crippen molar-refractivity contribution in [1.82, 2.24) is 15.3 Å². The molecule has 3 aromatic rings. The second-order valence-electron chi connectivity index (χ2n) is 7.58. The van der Waals surface area contributed by atoms with Gasteiger partial charge >= 0.3 is 0 Å². The number of hydrogen-bond acceptors (Lipinski definition) is 5. The van der Waals surface area contributed by atoms with Gasteiger partial charge in [0, 0.05) is 19.2 Å². The van der Waals surface area contributed by atoms with Crippen molar-refractivity contribution < 1.29 is 4.74 Å². The third-order valence-corrected chi connectivity index (χ3v) is 5.43. The number of anilines is 2. The minimum atomic E-state index is 0.0616. The molecule has 1 fully saturated rings. The van der Waals surface area contributed by atoms with Crippen LogP contribution in [-0.4, -0.2) is 28.2 Å². The third-order valence-electron chi connectivity index (χ3n) is 5.21. The highest BCUT2D eigenvalue weighted by Crippen LogP contribution is 2.26. The van der Waals surface area contributed by atoms with Crippen molar-refractivity contribution >= 4 is 29.1 Å². The molecule has 0 bridgehead atoms. The number of thiocarbonyl (C=S) groups is 1. The summed E-state index contributed by atoms with van der Waals surface area (Å²) in [5.41, 5.74) is 1.16. The van der Waals surface area contributed by atoms with Gasteiger partial charge in [0.05, 0.1) is 6.04 Å². The first-order valence-corrected chi connectivity index (χ1v) is 11.1. The number of benzene rings is 2. The zero-order chi connectivity index (χ0) is 21.5. The Hall–Kier alpha value is -3.19. The summed E-state index contributed by atoms with van der Waals surface area (Å²) in [6.45, 7) is 4.03. The lowest BCUT2D eigenvalue weighted by atomic mass is 10.1. The van der Waals surface area contributed by atoms with Gasteiger partial charge in [0.15, 0.2) is 5.11 Å². The normalized spacial score (nSPS) is 14.5. The lowest BCUT2D eigenvalue weighted by Crippen LogP contribution is -2.33. The summed E-state index contributed by atoms with van der Waals surface area (Å²) in [7, 11) is 0. The Kier molecular flexibility index (Phi) is 6.94. The smallest absolute Gasteiger partial charge is 0.234 e. The van der Waals surface area contributed by atoms with Gasteiger partial charge in [-0.25, -0.2) is 0 Å². The van der Waals surface area contributed by atoms with E-state index in [4.69, 9.17) is 21.9 Å². The Morgan fingerprint density at radius 2 is 1.65 bits per heavy atom. The third kappa shape index (κ3) is 5.92. The van der Waals surface area contributed by atoms with Gasteiger partial charge in [-0.15, -0.1) is 0 Å². The molecular formula is C24H27N5OS. The molecule has 1 saturated heterocycles. The van der Waals surface area contributed by atoms with Crippen LogP contribution in [0, 0.1) is 0 Å². The quantitative estimate of drug-likeness (QED) is 0.511. The summed E-state index contributed by atoms with van der Waals surface area (Å²) >= 11 is 5.53. The van der Waals surface area contributed by atoms with Crippen molar-refractivity contribution in [2.45, 2.75) is 32.2 Å². The second-order valence-corrected chi connectivity index (χ2v) is 7.99. The van der Waals surface area contributed by atoms with E-state index in [9.17, 15) is 0 Å². The average molecular weight is 434 g/mol. The topological polar surface area (TPSA) is 62.3 Å².